The molecule has 3 aromatic carbocycles. The van der Waals surface area contributed by atoms with E-state index in [1.54, 1.807) is 0 Å². The average molecular weight is 348 g/mol. The van der Waals surface area contributed by atoms with Crippen LogP contribution < -0.4 is 10.6 Å². The summed E-state index contributed by atoms with van der Waals surface area (Å²) in [4.78, 5) is 23.7. The van der Waals surface area contributed by atoms with E-state index in [2.05, 4.69) is 10.6 Å². The Balaban J connectivity index is 1.60. The van der Waals surface area contributed by atoms with Crippen LogP contribution in [-0.4, -0.2) is 23.0 Å². The Morgan fingerprint density at radius 2 is 1.58 bits per heavy atom. The Morgan fingerprint density at radius 1 is 0.885 bits per heavy atom. The van der Waals surface area contributed by atoms with Gasteiger partial charge in [0.2, 0.25) is 5.91 Å². The third-order valence-corrected chi connectivity index (χ3v) is 4.12. The van der Waals surface area contributed by atoms with Crippen molar-refractivity contribution in [2.24, 2.45) is 0 Å². The lowest BCUT2D eigenvalue weighted by molar-refractivity contribution is -0.141. The van der Waals surface area contributed by atoms with E-state index in [9.17, 15) is 14.7 Å². The number of aliphatic carboxylic acids is 1. The van der Waals surface area contributed by atoms with E-state index in [0.717, 1.165) is 16.3 Å². The molecule has 0 aliphatic carbocycles. The van der Waals surface area contributed by atoms with Crippen LogP contribution in [0.25, 0.3) is 10.8 Å². The van der Waals surface area contributed by atoms with Gasteiger partial charge in [0.15, 0.2) is 0 Å². The van der Waals surface area contributed by atoms with Crippen LogP contribution in [-0.2, 0) is 16.1 Å². The maximum absolute atomic E-state index is 12.3. The highest BCUT2D eigenvalue weighted by atomic mass is 16.4. The summed E-state index contributed by atoms with van der Waals surface area (Å²) in [7, 11) is 0. The molecule has 0 saturated carbocycles. The molecule has 0 aromatic heterocycles. The molecule has 0 spiro atoms. The Labute approximate surface area is 151 Å². The number of benzene rings is 3. The Kier molecular flexibility index (Phi) is 5.61. The highest BCUT2D eigenvalue weighted by molar-refractivity contribution is 5.96. The zero-order valence-electron chi connectivity index (χ0n) is 14.2. The van der Waals surface area contributed by atoms with Crippen molar-refractivity contribution >= 4 is 28.3 Å². The van der Waals surface area contributed by atoms with Gasteiger partial charge in [-0.3, -0.25) is 14.9 Å². The zero-order chi connectivity index (χ0) is 18.4. The van der Waals surface area contributed by atoms with Gasteiger partial charge in [-0.05, 0) is 28.5 Å². The largest absolute Gasteiger partial charge is 0.480 e. The Morgan fingerprint density at radius 3 is 2.31 bits per heavy atom. The molecular weight excluding hydrogens is 328 g/mol. The van der Waals surface area contributed by atoms with E-state index in [1.165, 1.54) is 0 Å². The van der Waals surface area contributed by atoms with Crippen LogP contribution in [0.15, 0.2) is 72.8 Å². The Hall–Kier alpha value is -3.18. The highest BCUT2D eigenvalue weighted by Gasteiger charge is 2.20. The molecule has 1 amide bonds. The third kappa shape index (κ3) is 4.68. The smallest absolute Gasteiger partial charge is 0.321 e. The van der Waals surface area contributed by atoms with E-state index < -0.39 is 12.0 Å². The molecule has 1 unspecified atom stereocenters. The first-order valence-electron chi connectivity index (χ1n) is 8.40. The summed E-state index contributed by atoms with van der Waals surface area (Å²) < 4.78 is 0. The van der Waals surface area contributed by atoms with Gasteiger partial charge in [-0.2, -0.15) is 0 Å². The molecule has 0 bridgehead atoms. The number of hydrogen-bond acceptors (Lipinski definition) is 3. The summed E-state index contributed by atoms with van der Waals surface area (Å²) in [6.07, 6.45) is -0.144. The van der Waals surface area contributed by atoms with Gasteiger partial charge in [-0.1, -0.05) is 60.7 Å². The predicted octanol–water partition coefficient (Wildman–Crippen LogP) is 3.41. The van der Waals surface area contributed by atoms with E-state index in [1.807, 2.05) is 72.8 Å². The summed E-state index contributed by atoms with van der Waals surface area (Å²) in [6, 6.07) is 22.0. The topological polar surface area (TPSA) is 78.4 Å². The van der Waals surface area contributed by atoms with Gasteiger partial charge in [-0.15, -0.1) is 0 Å². The lowest BCUT2D eigenvalue weighted by Crippen LogP contribution is -2.39. The van der Waals surface area contributed by atoms with Crippen molar-refractivity contribution in [3.05, 3.63) is 78.4 Å². The number of carbonyl (C=O) groups is 2. The van der Waals surface area contributed by atoms with Crippen molar-refractivity contribution in [3.63, 3.8) is 0 Å². The third-order valence-electron chi connectivity index (χ3n) is 4.12. The number of amides is 1. The molecule has 0 aliphatic heterocycles. The van der Waals surface area contributed by atoms with Crippen molar-refractivity contribution < 1.29 is 14.7 Å². The van der Waals surface area contributed by atoms with Crippen LogP contribution in [0.5, 0.6) is 0 Å². The summed E-state index contributed by atoms with van der Waals surface area (Å²) >= 11 is 0. The molecule has 0 fully saturated rings. The standard InChI is InChI=1S/C21H20N2O3/c24-20(23-18-11-10-16-8-4-5-9-17(16)12-18)13-19(21(25)26)22-14-15-6-2-1-3-7-15/h1-12,19,22H,13-14H2,(H,23,24)(H,25,26). The zero-order valence-corrected chi connectivity index (χ0v) is 14.2. The number of fused-ring (bicyclic) bond motifs is 1. The molecule has 3 N–H and O–H groups in total. The van der Waals surface area contributed by atoms with Crippen molar-refractivity contribution in [2.75, 3.05) is 5.32 Å². The molecular formula is C21H20N2O3. The van der Waals surface area contributed by atoms with E-state index in [4.69, 9.17) is 0 Å². The van der Waals surface area contributed by atoms with Crippen molar-refractivity contribution in [2.45, 2.75) is 19.0 Å². The number of rotatable bonds is 7. The van der Waals surface area contributed by atoms with Gasteiger partial charge in [-0.25, -0.2) is 0 Å². The van der Waals surface area contributed by atoms with E-state index in [0.29, 0.717) is 12.2 Å². The van der Waals surface area contributed by atoms with Gasteiger partial charge in [0.25, 0.3) is 0 Å². The van der Waals surface area contributed by atoms with Crippen molar-refractivity contribution in [1.82, 2.24) is 5.32 Å². The monoisotopic (exact) mass is 348 g/mol. The SMILES string of the molecule is O=C(CC(NCc1ccccc1)C(=O)O)Nc1ccc2ccccc2c1. The fourth-order valence-electron chi connectivity index (χ4n) is 2.75. The van der Waals surface area contributed by atoms with Crippen molar-refractivity contribution in [3.8, 4) is 0 Å². The molecule has 0 heterocycles. The van der Waals surface area contributed by atoms with Gasteiger partial charge in [0, 0.05) is 12.2 Å². The number of carbonyl (C=O) groups excluding carboxylic acids is 1. The highest BCUT2D eigenvalue weighted by Crippen LogP contribution is 2.19. The summed E-state index contributed by atoms with van der Waals surface area (Å²) in [5.74, 6) is -1.39. The van der Waals surface area contributed by atoms with Crippen LogP contribution in [0.3, 0.4) is 0 Å². The molecule has 3 aromatic rings. The van der Waals surface area contributed by atoms with Gasteiger partial charge in [0.05, 0.1) is 6.42 Å². The fraction of sp³-hybridized carbons (Fsp3) is 0.143. The number of carboxylic acid groups (broad SMARTS) is 1. The first kappa shape index (κ1) is 17.6. The number of carboxylic acids is 1. The quantitative estimate of drug-likeness (QED) is 0.611. The van der Waals surface area contributed by atoms with Gasteiger partial charge >= 0.3 is 5.97 Å². The lowest BCUT2D eigenvalue weighted by Gasteiger charge is -2.14. The predicted molar refractivity (Wildman–Crippen MR) is 102 cm³/mol. The second-order valence-electron chi connectivity index (χ2n) is 6.07. The molecule has 26 heavy (non-hydrogen) atoms. The fourth-order valence-corrected chi connectivity index (χ4v) is 2.75. The van der Waals surface area contributed by atoms with Crippen LogP contribution in [0.4, 0.5) is 5.69 Å². The van der Waals surface area contributed by atoms with Crippen LogP contribution in [0, 0.1) is 0 Å². The summed E-state index contributed by atoms with van der Waals surface area (Å²) in [6.45, 7) is 0.390. The van der Waals surface area contributed by atoms with Crippen LogP contribution >= 0.6 is 0 Å². The molecule has 0 radical (unpaired) electrons. The molecule has 0 aliphatic rings. The van der Waals surface area contributed by atoms with Gasteiger partial charge < -0.3 is 10.4 Å². The van der Waals surface area contributed by atoms with Crippen LogP contribution in [0.1, 0.15) is 12.0 Å². The summed E-state index contributed by atoms with van der Waals surface area (Å²) in [5, 5.41) is 17.2. The maximum atomic E-state index is 12.3. The minimum Gasteiger partial charge on any atom is -0.480 e. The lowest BCUT2D eigenvalue weighted by atomic mass is 10.1. The number of hydrogen-bond donors (Lipinski definition) is 3. The van der Waals surface area contributed by atoms with E-state index in [-0.39, 0.29) is 12.3 Å². The normalized spacial score (nSPS) is 11.8. The average Bonchev–Trinajstić information content (AvgIpc) is 2.65. The first-order chi connectivity index (χ1) is 12.6. The number of nitrogens with one attached hydrogen (secondary N) is 2. The molecule has 0 saturated heterocycles. The summed E-state index contributed by atoms with van der Waals surface area (Å²) in [5.41, 5.74) is 1.62. The minimum absolute atomic E-state index is 0.144. The molecule has 5 nitrogen and oxygen atoms in total. The van der Waals surface area contributed by atoms with E-state index >= 15 is 0 Å². The molecule has 132 valence electrons. The molecule has 1 atom stereocenters. The minimum atomic E-state index is -1.05. The molecule has 5 heteroatoms. The Bertz CT molecular complexity index is 909. The molecule has 3 rings (SSSR count). The van der Waals surface area contributed by atoms with Gasteiger partial charge in [0.1, 0.15) is 6.04 Å². The maximum Gasteiger partial charge on any atom is 0.321 e. The second-order valence-corrected chi connectivity index (χ2v) is 6.07. The van der Waals surface area contributed by atoms with Crippen molar-refractivity contribution in [1.29, 1.82) is 0 Å². The second kappa shape index (κ2) is 8.27. The first-order valence-corrected chi connectivity index (χ1v) is 8.40. The number of anilines is 1. The van der Waals surface area contributed by atoms with Crippen LogP contribution in [0.2, 0.25) is 0 Å².